The smallest absolute Gasteiger partial charge is 0.0315 e. The van der Waals surface area contributed by atoms with Gasteiger partial charge in [-0.1, -0.05) is 0 Å². The third kappa shape index (κ3) is 3.09. The monoisotopic (exact) mass is 229 g/mol. The van der Waals surface area contributed by atoms with Gasteiger partial charge in [-0.3, -0.25) is 4.90 Å². The molecule has 0 bridgehead atoms. The van der Waals surface area contributed by atoms with Crippen LogP contribution in [0.15, 0.2) is 0 Å². The van der Waals surface area contributed by atoms with E-state index >= 15 is 0 Å². The molecular formula is C11H23N3S. The van der Waals surface area contributed by atoms with Crippen LogP contribution in [-0.4, -0.2) is 73.7 Å². The van der Waals surface area contributed by atoms with Crippen LogP contribution in [0.4, 0.5) is 0 Å². The molecule has 0 aromatic rings. The van der Waals surface area contributed by atoms with Gasteiger partial charge in [0, 0.05) is 43.2 Å². The van der Waals surface area contributed by atoms with Crippen molar-refractivity contribution >= 4 is 11.8 Å². The van der Waals surface area contributed by atoms with Gasteiger partial charge in [0.15, 0.2) is 0 Å². The van der Waals surface area contributed by atoms with Gasteiger partial charge in [0.1, 0.15) is 0 Å². The van der Waals surface area contributed by atoms with E-state index in [9.17, 15) is 0 Å². The number of thioether (sulfide) groups is 1. The van der Waals surface area contributed by atoms with Crippen LogP contribution in [0.3, 0.4) is 0 Å². The summed E-state index contributed by atoms with van der Waals surface area (Å²) in [5, 5.41) is 3.58. The molecular weight excluding hydrogens is 206 g/mol. The highest BCUT2D eigenvalue weighted by Crippen LogP contribution is 2.22. The molecule has 2 rings (SSSR count). The Kier molecular flexibility index (Phi) is 4.31. The van der Waals surface area contributed by atoms with Crippen LogP contribution in [0.25, 0.3) is 0 Å². The lowest BCUT2D eigenvalue weighted by atomic mass is 10.1. The minimum absolute atomic E-state index is 0.770. The first-order valence-corrected chi connectivity index (χ1v) is 7.12. The summed E-state index contributed by atoms with van der Waals surface area (Å²) in [6.07, 6.45) is 1.31. The van der Waals surface area contributed by atoms with Crippen LogP contribution in [-0.2, 0) is 0 Å². The average Bonchev–Trinajstić information content (AvgIpc) is 2.26. The number of piperazine rings is 1. The number of hydrogen-bond donors (Lipinski definition) is 1. The van der Waals surface area contributed by atoms with Gasteiger partial charge >= 0.3 is 0 Å². The Morgan fingerprint density at radius 2 is 2.27 bits per heavy atom. The first-order chi connectivity index (χ1) is 7.27. The maximum absolute atomic E-state index is 3.58. The van der Waals surface area contributed by atoms with Crippen LogP contribution in [0.2, 0.25) is 0 Å². The summed E-state index contributed by atoms with van der Waals surface area (Å²) in [6.45, 7) is 4.90. The molecule has 0 spiro atoms. The van der Waals surface area contributed by atoms with Crippen LogP contribution in [0.5, 0.6) is 0 Å². The molecule has 0 saturated carbocycles. The number of fused-ring (bicyclic) bond motifs is 1. The van der Waals surface area contributed by atoms with E-state index in [1.165, 1.54) is 44.1 Å². The van der Waals surface area contributed by atoms with Crippen LogP contribution in [0.1, 0.15) is 6.42 Å². The second-order valence-electron chi connectivity index (χ2n) is 4.87. The number of rotatable bonds is 3. The topological polar surface area (TPSA) is 18.5 Å². The summed E-state index contributed by atoms with van der Waals surface area (Å²) in [6, 6.07) is 1.57. The van der Waals surface area contributed by atoms with Gasteiger partial charge in [0.2, 0.25) is 0 Å². The molecule has 1 N–H and O–H groups in total. The van der Waals surface area contributed by atoms with Crippen molar-refractivity contribution in [1.82, 2.24) is 15.1 Å². The first-order valence-electron chi connectivity index (χ1n) is 5.96. The van der Waals surface area contributed by atoms with E-state index in [1.807, 2.05) is 0 Å². The van der Waals surface area contributed by atoms with Gasteiger partial charge < -0.3 is 10.2 Å². The highest BCUT2D eigenvalue weighted by Gasteiger charge is 2.31. The Balaban J connectivity index is 1.86. The zero-order valence-electron chi connectivity index (χ0n) is 9.91. The molecule has 2 saturated heterocycles. The molecule has 2 aliphatic heterocycles. The zero-order chi connectivity index (χ0) is 10.7. The number of nitrogens with zero attached hydrogens (tertiary/aromatic N) is 2. The maximum atomic E-state index is 3.58. The molecule has 2 unspecified atom stereocenters. The second kappa shape index (κ2) is 5.53. The Hall–Kier alpha value is 0.230. The van der Waals surface area contributed by atoms with Gasteiger partial charge in [-0.2, -0.15) is 11.8 Å². The lowest BCUT2D eigenvalue weighted by Gasteiger charge is -2.45. The van der Waals surface area contributed by atoms with Crippen molar-refractivity contribution in [2.24, 2.45) is 0 Å². The molecule has 0 aromatic heterocycles. The van der Waals surface area contributed by atoms with Crippen molar-refractivity contribution < 1.29 is 0 Å². The summed E-state index contributed by atoms with van der Waals surface area (Å²) in [5.41, 5.74) is 0. The van der Waals surface area contributed by atoms with Gasteiger partial charge in [0.05, 0.1) is 0 Å². The van der Waals surface area contributed by atoms with Crippen molar-refractivity contribution in [2.75, 3.05) is 51.8 Å². The Labute approximate surface area is 97.6 Å². The molecule has 3 nitrogen and oxygen atoms in total. The van der Waals surface area contributed by atoms with E-state index in [4.69, 9.17) is 0 Å². The Morgan fingerprint density at radius 1 is 1.40 bits per heavy atom. The molecule has 2 atom stereocenters. The second-order valence-corrected chi connectivity index (χ2v) is 6.02. The minimum atomic E-state index is 0.770. The van der Waals surface area contributed by atoms with E-state index in [0.717, 1.165) is 12.1 Å². The van der Waals surface area contributed by atoms with Crippen LogP contribution >= 0.6 is 11.8 Å². The van der Waals surface area contributed by atoms with Crippen molar-refractivity contribution in [3.8, 4) is 0 Å². The molecule has 2 heterocycles. The molecule has 0 amide bonds. The molecule has 0 aromatic carbocycles. The van der Waals surface area contributed by atoms with E-state index in [2.05, 4.69) is 41.0 Å². The highest BCUT2D eigenvalue weighted by molar-refractivity contribution is 7.99. The van der Waals surface area contributed by atoms with E-state index in [1.54, 1.807) is 0 Å². The summed E-state index contributed by atoms with van der Waals surface area (Å²) in [4.78, 5) is 5.04. The molecule has 0 aliphatic carbocycles. The number of nitrogens with one attached hydrogen (secondary N) is 1. The molecule has 88 valence electrons. The van der Waals surface area contributed by atoms with Crippen molar-refractivity contribution in [2.45, 2.75) is 18.5 Å². The molecule has 15 heavy (non-hydrogen) atoms. The van der Waals surface area contributed by atoms with Gasteiger partial charge in [-0.05, 0) is 27.1 Å². The lowest BCUT2D eigenvalue weighted by Crippen LogP contribution is -2.60. The van der Waals surface area contributed by atoms with E-state index in [-0.39, 0.29) is 0 Å². The van der Waals surface area contributed by atoms with Gasteiger partial charge in [0.25, 0.3) is 0 Å². The van der Waals surface area contributed by atoms with Crippen LogP contribution < -0.4 is 5.32 Å². The average molecular weight is 229 g/mol. The van der Waals surface area contributed by atoms with Crippen molar-refractivity contribution in [3.05, 3.63) is 0 Å². The van der Waals surface area contributed by atoms with Crippen molar-refractivity contribution in [1.29, 1.82) is 0 Å². The molecule has 2 aliphatic rings. The third-order valence-corrected chi connectivity index (χ3v) is 4.50. The first kappa shape index (κ1) is 11.7. The maximum Gasteiger partial charge on any atom is 0.0315 e. The zero-order valence-corrected chi connectivity index (χ0v) is 10.7. The van der Waals surface area contributed by atoms with Crippen molar-refractivity contribution in [3.63, 3.8) is 0 Å². The number of hydrogen-bond acceptors (Lipinski definition) is 4. The third-order valence-electron chi connectivity index (χ3n) is 3.41. The summed E-state index contributed by atoms with van der Waals surface area (Å²) in [5.74, 6) is 2.65. The summed E-state index contributed by atoms with van der Waals surface area (Å²) < 4.78 is 0. The minimum Gasteiger partial charge on any atom is -0.314 e. The fourth-order valence-corrected chi connectivity index (χ4v) is 3.62. The quantitative estimate of drug-likeness (QED) is 0.751. The molecule has 4 heteroatoms. The SMILES string of the molecule is CN(C)CCC1CNCC2CSCCN12. The Bertz CT molecular complexity index is 196. The predicted octanol–water partition coefficient (Wildman–Crippen LogP) is 0.327. The summed E-state index contributed by atoms with van der Waals surface area (Å²) >= 11 is 2.11. The predicted molar refractivity (Wildman–Crippen MR) is 67.6 cm³/mol. The normalized spacial score (nSPS) is 33.0. The highest BCUT2D eigenvalue weighted by atomic mass is 32.2. The fraction of sp³-hybridized carbons (Fsp3) is 1.00. The van der Waals surface area contributed by atoms with Crippen LogP contribution in [0, 0.1) is 0 Å². The van der Waals surface area contributed by atoms with E-state index < -0.39 is 0 Å². The standard InChI is InChI=1S/C11H23N3S/c1-13(2)4-3-10-7-12-8-11-9-15-6-5-14(10)11/h10-12H,3-9H2,1-2H3. The van der Waals surface area contributed by atoms with Gasteiger partial charge in [-0.15, -0.1) is 0 Å². The van der Waals surface area contributed by atoms with E-state index in [0.29, 0.717) is 0 Å². The summed E-state index contributed by atoms with van der Waals surface area (Å²) in [7, 11) is 4.33. The molecule has 2 fully saturated rings. The van der Waals surface area contributed by atoms with Gasteiger partial charge in [-0.25, -0.2) is 0 Å². The Morgan fingerprint density at radius 3 is 3.07 bits per heavy atom. The lowest BCUT2D eigenvalue weighted by molar-refractivity contribution is 0.101. The largest absolute Gasteiger partial charge is 0.314 e. The molecule has 0 radical (unpaired) electrons. The fourth-order valence-electron chi connectivity index (χ4n) is 2.53.